The molecule has 0 aliphatic heterocycles. The van der Waals surface area contributed by atoms with E-state index in [1.54, 1.807) is 7.11 Å². The molecule has 0 radical (unpaired) electrons. The normalized spacial score (nSPS) is 12.7. The molecule has 1 aromatic rings. The lowest BCUT2D eigenvalue weighted by Gasteiger charge is -2.21. The topological polar surface area (TPSA) is 73.6 Å². The van der Waals surface area contributed by atoms with E-state index in [-0.39, 0.29) is 6.04 Å². The van der Waals surface area contributed by atoms with Crippen LogP contribution in [0.15, 0.2) is 18.2 Å². The number of amides is 1. The molecule has 112 valence electrons. The van der Waals surface area contributed by atoms with Crippen molar-refractivity contribution in [1.29, 1.82) is 0 Å². The van der Waals surface area contributed by atoms with Gasteiger partial charge >= 0.3 is 6.09 Å². The van der Waals surface area contributed by atoms with Gasteiger partial charge in [0, 0.05) is 12.6 Å². The summed E-state index contributed by atoms with van der Waals surface area (Å²) in [4.78, 5) is 11.6. The summed E-state index contributed by atoms with van der Waals surface area (Å²) in [7, 11) is 1.62. The minimum atomic E-state index is -0.514. The van der Waals surface area contributed by atoms with Gasteiger partial charge in [0.2, 0.25) is 0 Å². The van der Waals surface area contributed by atoms with Crippen LogP contribution in [0.3, 0.4) is 0 Å². The maximum Gasteiger partial charge on any atom is 0.407 e. The van der Waals surface area contributed by atoms with E-state index in [4.69, 9.17) is 15.2 Å². The highest BCUT2D eigenvalue weighted by molar-refractivity contribution is 5.67. The van der Waals surface area contributed by atoms with Crippen LogP contribution in [0, 0.1) is 6.92 Å². The predicted molar refractivity (Wildman–Crippen MR) is 78.9 cm³/mol. The zero-order valence-electron chi connectivity index (χ0n) is 12.8. The molecule has 1 unspecified atom stereocenters. The lowest BCUT2D eigenvalue weighted by molar-refractivity contribution is 0.0524. The second-order valence-electron chi connectivity index (χ2n) is 5.66. The third-order valence-corrected chi connectivity index (χ3v) is 2.81. The molecule has 0 aromatic heterocycles. The molecular formula is C15H24N2O3. The molecular weight excluding hydrogens is 256 g/mol. The van der Waals surface area contributed by atoms with E-state index in [1.807, 2.05) is 45.9 Å². The summed E-state index contributed by atoms with van der Waals surface area (Å²) in [5.41, 5.74) is 7.52. The van der Waals surface area contributed by atoms with Crippen LogP contribution in [0.25, 0.3) is 0 Å². The molecule has 1 aromatic carbocycles. The molecule has 5 heteroatoms. The molecule has 0 saturated heterocycles. The van der Waals surface area contributed by atoms with Gasteiger partial charge in [-0.1, -0.05) is 12.1 Å². The van der Waals surface area contributed by atoms with Crippen molar-refractivity contribution in [1.82, 2.24) is 5.32 Å². The van der Waals surface area contributed by atoms with Gasteiger partial charge in [-0.15, -0.1) is 0 Å². The van der Waals surface area contributed by atoms with Gasteiger partial charge in [-0.05, 0) is 44.9 Å². The molecule has 0 bridgehead atoms. The summed E-state index contributed by atoms with van der Waals surface area (Å²) in [6.07, 6.45) is -0.464. The largest absolute Gasteiger partial charge is 0.496 e. The molecule has 0 fully saturated rings. The SMILES string of the molecule is COc1cccc(C(N)CNC(=O)OC(C)(C)C)c1C. The number of hydrogen-bond donors (Lipinski definition) is 2. The first kappa shape index (κ1) is 16.3. The zero-order valence-corrected chi connectivity index (χ0v) is 12.8. The highest BCUT2D eigenvalue weighted by Gasteiger charge is 2.18. The molecule has 1 atom stereocenters. The smallest absolute Gasteiger partial charge is 0.407 e. The summed E-state index contributed by atoms with van der Waals surface area (Å²) < 4.78 is 10.4. The Labute approximate surface area is 120 Å². The van der Waals surface area contributed by atoms with E-state index >= 15 is 0 Å². The van der Waals surface area contributed by atoms with Crippen molar-refractivity contribution in [3.63, 3.8) is 0 Å². The van der Waals surface area contributed by atoms with Crippen molar-refractivity contribution in [2.24, 2.45) is 5.73 Å². The average Bonchev–Trinajstić information content (AvgIpc) is 2.34. The lowest BCUT2D eigenvalue weighted by Crippen LogP contribution is -2.36. The van der Waals surface area contributed by atoms with Gasteiger partial charge in [0.15, 0.2) is 0 Å². The van der Waals surface area contributed by atoms with Gasteiger partial charge in [0.25, 0.3) is 0 Å². The van der Waals surface area contributed by atoms with Crippen LogP contribution in [0.4, 0.5) is 4.79 Å². The Morgan fingerprint density at radius 3 is 2.60 bits per heavy atom. The van der Waals surface area contributed by atoms with Crippen molar-refractivity contribution >= 4 is 6.09 Å². The van der Waals surface area contributed by atoms with Crippen LogP contribution in [0.2, 0.25) is 0 Å². The van der Waals surface area contributed by atoms with Gasteiger partial charge < -0.3 is 20.5 Å². The van der Waals surface area contributed by atoms with E-state index in [9.17, 15) is 4.79 Å². The zero-order chi connectivity index (χ0) is 15.3. The van der Waals surface area contributed by atoms with E-state index in [0.29, 0.717) is 6.54 Å². The van der Waals surface area contributed by atoms with Crippen LogP contribution >= 0.6 is 0 Å². The fraction of sp³-hybridized carbons (Fsp3) is 0.533. The molecule has 0 heterocycles. The standard InChI is InChI=1S/C15H24N2O3/c1-10-11(7-6-8-13(10)19-5)12(16)9-17-14(18)20-15(2,3)4/h6-8,12H,9,16H2,1-5H3,(H,17,18). The first-order chi connectivity index (χ1) is 9.24. The van der Waals surface area contributed by atoms with Crippen LogP contribution < -0.4 is 15.8 Å². The molecule has 1 amide bonds. The minimum Gasteiger partial charge on any atom is -0.496 e. The molecule has 5 nitrogen and oxygen atoms in total. The number of carbonyl (C=O) groups excluding carboxylic acids is 1. The maximum atomic E-state index is 11.6. The van der Waals surface area contributed by atoms with Crippen LogP contribution in [0.1, 0.15) is 37.9 Å². The molecule has 0 aliphatic rings. The first-order valence-electron chi connectivity index (χ1n) is 6.60. The summed E-state index contributed by atoms with van der Waals surface area (Å²) in [5, 5.41) is 2.68. The number of alkyl carbamates (subject to hydrolysis) is 1. The fourth-order valence-corrected chi connectivity index (χ4v) is 1.87. The van der Waals surface area contributed by atoms with E-state index in [0.717, 1.165) is 16.9 Å². The second-order valence-corrected chi connectivity index (χ2v) is 5.66. The van der Waals surface area contributed by atoms with Gasteiger partial charge in [-0.3, -0.25) is 0 Å². The van der Waals surface area contributed by atoms with E-state index in [1.165, 1.54) is 0 Å². The fourth-order valence-electron chi connectivity index (χ4n) is 1.87. The molecule has 1 rings (SSSR count). The van der Waals surface area contributed by atoms with Crippen LogP contribution in [-0.2, 0) is 4.74 Å². The van der Waals surface area contributed by atoms with Gasteiger partial charge in [-0.2, -0.15) is 0 Å². The number of rotatable bonds is 4. The van der Waals surface area contributed by atoms with Gasteiger partial charge in [0.05, 0.1) is 7.11 Å². The number of nitrogens with one attached hydrogen (secondary N) is 1. The Morgan fingerprint density at radius 1 is 1.40 bits per heavy atom. The molecule has 3 N–H and O–H groups in total. The van der Waals surface area contributed by atoms with E-state index in [2.05, 4.69) is 5.32 Å². The number of carbonyl (C=O) groups is 1. The summed E-state index contributed by atoms with van der Waals surface area (Å²) >= 11 is 0. The molecule has 0 aliphatic carbocycles. The Morgan fingerprint density at radius 2 is 2.05 bits per heavy atom. The maximum absolute atomic E-state index is 11.6. The third kappa shape index (κ3) is 4.74. The third-order valence-electron chi connectivity index (χ3n) is 2.81. The molecule has 20 heavy (non-hydrogen) atoms. The van der Waals surface area contributed by atoms with Gasteiger partial charge in [-0.25, -0.2) is 4.79 Å². The summed E-state index contributed by atoms with van der Waals surface area (Å²) in [5.74, 6) is 0.787. The van der Waals surface area contributed by atoms with Crippen molar-refractivity contribution in [2.75, 3.05) is 13.7 Å². The molecule has 0 saturated carbocycles. The Kier molecular flexibility index (Phi) is 5.39. The second kappa shape index (κ2) is 6.61. The molecule has 0 spiro atoms. The Balaban J connectivity index is 2.64. The van der Waals surface area contributed by atoms with Crippen LogP contribution in [-0.4, -0.2) is 25.3 Å². The predicted octanol–water partition coefficient (Wildman–Crippen LogP) is 2.53. The van der Waals surface area contributed by atoms with Crippen molar-refractivity contribution < 1.29 is 14.3 Å². The summed E-state index contributed by atoms with van der Waals surface area (Å²) in [6.45, 7) is 7.71. The van der Waals surface area contributed by atoms with Crippen molar-refractivity contribution in [2.45, 2.75) is 39.3 Å². The number of nitrogens with two attached hydrogens (primary N) is 1. The highest BCUT2D eigenvalue weighted by atomic mass is 16.6. The summed E-state index contributed by atoms with van der Waals surface area (Å²) in [6, 6.07) is 5.39. The van der Waals surface area contributed by atoms with Gasteiger partial charge in [0.1, 0.15) is 11.4 Å². The Bertz CT molecular complexity index is 467. The first-order valence-corrected chi connectivity index (χ1v) is 6.60. The van der Waals surface area contributed by atoms with Crippen molar-refractivity contribution in [3.8, 4) is 5.75 Å². The number of hydrogen-bond acceptors (Lipinski definition) is 4. The highest BCUT2D eigenvalue weighted by Crippen LogP contribution is 2.24. The average molecular weight is 280 g/mol. The number of methoxy groups -OCH3 is 1. The monoisotopic (exact) mass is 280 g/mol. The van der Waals surface area contributed by atoms with E-state index < -0.39 is 11.7 Å². The number of benzene rings is 1. The van der Waals surface area contributed by atoms with Crippen molar-refractivity contribution in [3.05, 3.63) is 29.3 Å². The number of ether oxygens (including phenoxy) is 2. The lowest BCUT2D eigenvalue weighted by atomic mass is 10.0. The van der Waals surface area contributed by atoms with Crippen LogP contribution in [0.5, 0.6) is 5.75 Å². The Hall–Kier alpha value is -1.75. The minimum absolute atomic E-state index is 0.308. The quantitative estimate of drug-likeness (QED) is 0.889.